The Kier molecular flexibility index (Phi) is 7.53. The van der Waals surface area contributed by atoms with Gasteiger partial charge in [-0.1, -0.05) is 164 Å². The van der Waals surface area contributed by atoms with Crippen LogP contribution < -0.4 is 4.90 Å². The standard InChI is InChI=1S/C54H35NO/c1-3-15-36(16-4-1)37-29-31-38(32-30-37)42-21-9-11-27-49(42)55(40-18-5-2-6-19-40)41-20-13-17-39(35-41)43-25-14-26-45-47-33-34-51-54(48-24-10-12-28-50(48)56-51)53(47)46-23-8-7-22-44(46)52(43)45/h1-35H. The molecule has 0 spiro atoms. The van der Waals surface area contributed by atoms with Crippen molar-refractivity contribution in [1.29, 1.82) is 0 Å². The van der Waals surface area contributed by atoms with Crippen molar-refractivity contribution in [3.8, 4) is 33.4 Å². The van der Waals surface area contributed by atoms with E-state index in [9.17, 15) is 0 Å². The van der Waals surface area contributed by atoms with Crippen molar-refractivity contribution in [2.45, 2.75) is 0 Å². The second-order valence-corrected chi connectivity index (χ2v) is 14.4. The number of nitrogens with zero attached hydrogens (tertiary/aromatic N) is 1. The quantitative estimate of drug-likeness (QED) is 0.160. The molecule has 0 aliphatic rings. The van der Waals surface area contributed by atoms with Crippen molar-refractivity contribution >= 4 is 71.3 Å². The molecule has 0 saturated heterocycles. The second kappa shape index (κ2) is 13.2. The highest BCUT2D eigenvalue weighted by molar-refractivity contribution is 6.36. The molecule has 1 heterocycles. The normalized spacial score (nSPS) is 11.6. The van der Waals surface area contributed by atoms with E-state index in [1.807, 2.05) is 6.07 Å². The molecule has 10 aromatic carbocycles. The Bertz CT molecular complexity index is 3200. The van der Waals surface area contributed by atoms with Crippen molar-refractivity contribution in [3.05, 3.63) is 212 Å². The molecule has 1 aromatic heterocycles. The molecular formula is C54H35NO. The van der Waals surface area contributed by atoms with Crippen LogP contribution in [0.5, 0.6) is 0 Å². The number of hydrogen-bond donors (Lipinski definition) is 0. The Morgan fingerprint density at radius 2 is 0.821 bits per heavy atom. The predicted molar refractivity (Wildman–Crippen MR) is 237 cm³/mol. The molecule has 0 unspecified atom stereocenters. The number of anilines is 3. The summed E-state index contributed by atoms with van der Waals surface area (Å²) in [5.74, 6) is 0. The van der Waals surface area contributed by atoms with Gasteiger partial charge in [0.05, 0.1) is 5.69 Å². The first-order chi connectivity index (χ1) is 27.8. The fourth-order valence-electron chi connectivity index (χ4n) is 8.75. The zero-order chi connectivity index (χ0) is 37.0. The first-order valence-corrected chi connectivity index (χ1v) is 19.2. The maximum atomic E-state index is 6.38. The lowest BCUT2D eigenvalue weighted by atomic mass is 9.88. The molecule has 262 valence electrons. The van der Waals surface area contributed by atoms with E-state index in [1.54, 1.807) is 0 Å². The minimum Gasteiger partial charge on any atom is -0.456 e. The van der Waals surface area contributed by atoms with Crippen LogP contribution in [0.4, 0.5) is 17.1 Å². The van der Waals surface area contributed by atoms with Gasteiger partial charge in [0.25, 0.3) is 0 Å². The predicted octanol–water partition coefficient (Wildman–Crippen LogP) is 15.5. The molecule has 0 radical (unpaired) electrons. The molecule has 2 nitrogen and oxygen atoms in total. The van der Waals surface area contributed by atoms with Crippen LogP contribution in [0.1, 0.15) is 0 Å². The van der Waals surface area contributed by atoms with Gasteiger partial charge < -0.3 is 9.32 Å². The van der Waals surface area contributed by atoms with E-state index in [-0.39, 0.29) is 0 Å². The third kappa shape index (κ3) is 5.19. The highest BCUT2D eigenvalue weighted by Gasteiger charge is 2.20. The van der Waals surface area contributed by atoms with Gasteiger partial charge >= 0.3 is 0 Å². The summed E-state index contributed by atoms with van der Waals surface area (Å²) in [5, 5.41) is 9.75. The maximum absolute atomic E-state index is 6.38. The molecule has 0 atom stereocenters. The van der Waals surface area contributed by atoms with Gasteiger partial charge in [-0.05, 0) is 103 Å². The maximum Gasteiger partial charge on any atom is 0.136 e. The number of benzene rings is 10. The average Bonchev–Trinajstić information content (AvgIpc) is 3.66. The van der Waals surface area contributed by atoms with E-state index in [0.29, 0.717) is 0 Å². The number of rotatable bonds is 6. The highest BCUT2D eigenvalue weighted by Crippen LogP contribution is 2.46. The summed E-state index contributed by atoms with van der Waals surface area (Å²) in [7, 11) is 0. The van der Waals surface area contributed by atoms with Crippen molar-refractivity contribution in [1.82, 2.24) is 0 Å². The van der Waals surface area contributed by atoms with Gasteiger partial charge in [-0.3, -0.25) is 0 Å². The van der Waals surface area contributed by atoms with Crippen LogP contribution in [0.3, 0.4) is 0 Å². The van der Waals surface area contributed by atoms with Gasteiger partial charge in [0.15, 0.2) is 0 Å². The third-order valence-electron chi connectivity index (χ3n) is 11.2. The largest absolute Gasteiger partial charge is 0.456 e. The molecule has 0 saturated carbocycles. The number of hydrogen-bond acceptors (Lipinski definition) is 2. The lowest BCUT2D eigenvalue weighted by Gasteiger charge is -2.28. The molecular weight excluding hydrogens is 679 g/mol. The van der Waals surface area contributed by atoms with E-state index in [0.717, 1.165) is 39.2 Å². The van der Waals surface area contributed by atoms with E-state index in [4.69, 9.17) is 4.42 Å². The third-order valence-corrected chi connectivity index (χ3v) is 11.2. The average molecular weight is 714 g/mol. The smallest absolute Gasteiger partial charge is 0.136 e. The Morgan fingerprint density at radius 1 is 0.286 bits per heavy atom. The summed E-state index contributed by atoms with van der Waals surface area (Å²) in [6, 6.07) is 76.4. The molecule has 11 aromatic rings. The van der Waals surface area contributed by atoms with Crippen molar-refractivity contribution in [3.63, 3.8) is 0 Å². The number of furan rings is 1. The summed E-state index contributed by atoms with van der Waals surface area (Å²) in [6.45, 7) is 0. The van der Waals surface area contributed by atoms with E-state index >= 15 is 0 Å². The Labute approximate surface area is 325 Å². The van der Waals surface area contributed by atoms with E-state index < -0.39 is 0 Å². The van der Waals surface area contributed by atoms with Gasteiger partial charge in [-0.15, -0.1) is 0 Å². The zero-order valence-corrected chi connectivity index (χ0v) is 30.6. The monoisotopic (exact) mass is 713 g/mol. The van der Waals surface area contributed by atoms with Crippen LogP contribution in [0, 0.1) is 0 Å². The Hall–Kier alpha value is -7.42. The van der Waals surface area contributed by atoms with Crippen molar-refractivity contribution in [2.75, 3.05) is 4.90 Å². The minimum atomic E-state index is 0.915. The topological polar surface area (TPSA) is 16.4 Å². The molecule has 0 N–H and O–H groups in total. The number of fused-ring (bicyclic) bond motifs is 10. The molecule has 0 bridgehead atoms. The molecule has 0 aliphatic carbocycles. The lowest BCUT2D eigenvalue weighted by Crippen LogP contribution is -2.11. The van der Waals surface area contributed by atoms with E-state index in [2.05, 4.69) is 211 Å². The van der Waals surface area contributed by atoms with Crippen LogP contribution in [-0.2, 0) is 0 Å². The van der Waals surface area contributed by atoms with Crippen LogP contribution >= 0.6 is 0 Å². The molecule has 56 heavy (non-hydrogen) atoms. The molecule has 0 fully saturated rings. The summed E-state index contributed by atoms with van der Waals surface area (Å²) in [6.07, 6.45) is 0. The van der Waals surface area contributed by atoms with E-state index in [1.165, 1.54) is 65.5 Å². The zero-order valence-electron chi connectivity index (χ0n) is 30.6. The van der Waals surface area contributed by atoms with Gasteiger partial charge in [0.2, 0.25) is 0 Å². The Balaban J connectivity index is 1.11. The SMILES string of the molecule is c1ccc(-c2ccc(-c3ccccc3N(c3ccccc3)c3cccc(-c4cccc5c6ccc7oc8ccccc8c7c6c6ccccc6c45)c3)cc2)cc1. The number of para-hydroxylation sites is 3. The summed E-state index contributed by atoms with van der Waals surface area (Å²) in [5.41, 5.74) is 12.3. The van der Waals surface area contributed by atoms with Crippen molar-refractivity contribution < 1.29 is 4.42 Å². The van der Waals surface area contributed by atoms with Crippen LogP contribution in [0.15, 0.2) is 217 Å². The second-order valence-electron chi connectivity index (χ2n) is 14.4. The van der Waals surface area contributed by atoms with Gasteiger partial charge in [-0.25, -0.2) is 0 Å². The van der Waals surface area contributed by atoms with Gasteiger partial charge in [0.1, 0.15) is 11.2 Å². The van der Waals surface area contributed by atoms with Crippen LogP contribution in [0.2, 0.25) is 0 Å². The lowest BCUT2D eigenvalue weighted by molar-refractivity contribution is 0.669. The first kappa shape index (κ1) is 32.0. The molecule has 11 rings (SSSR count). The molecule has 0 amide bonds. The molecule has 2 heteroatoms. The summed E-state index contributed by atoms with van der Waals surface area (Å²) in [4.78, 5) is 2.39. The van der Waals surface area contributed by atoms with Crippen LogP contribution in [-0.4, -0.2) is 0 Å². The summed E-state index contributed by atoms with van der Waals surface area (Å²) < 4.78 is 6.38. The first-order valence-electron chi connectivity index (χ1n) is 19.2. The fourth-order valence-corrected chi connectivity index (χ4v) is 8.75. The fraction of sp³-hybridized carbons (Fsp3) is 0. The van der Waals surface area contributed by atoms with Crippen LogP contribution in [0.25, 0.3) is 87.6 Å². The van der Waals surface area contributed by atoms with Gasteiger partial charge in [0, 0.05) is 33.1 Å². The minimum absolute atomic E-state index is 0.915. The molecule has 0 aliphatic heterocycles. The summed E-state index contributed by atoms with van der Waals surface area (Å²) >= 11 is 0. The van der Waals surface area contributed by atoms with Gasteiger partial charge in [-0.2, -0.15) is 0 Å². The van der Waals surface area contributed by atoms with Crippen molar-refractivity contribution in [2.24, 2.45) is 0 Å². The Morgan fingerprint density at radius 3 is 1.62 bits per heavy atom. The highest BCUT2D eigenvalue weighted by atomic mass is 16.3.